The molecule has 0 unspecified atom stereocenters. The smallest absolute Gasteiger partial charge is 0.251 e. The number of hydrogen-bond donors (Lipinski definition) is 1. The number of fused-ring (bicyclic) bond motifs is 2. The van der Waals surface area contributed by atoms with Crippen LogP contribution in [-0.2, 0) is 0 Å². The van der Waals surface area contributed by atoms with Crippen molar-refractivity contribution < 1.29 is 4.79 Å². The van der Waals surface area contributed by atoms with E-state index >= 15 is 0 Å². The van der Waals surface area contributed by atoms with Gasteiger partial charge in [-0.3, -0.25) is 4.79 Å². The molecule has 140 valence electrons. The lowest BCUT2D eigenvalue weighted by atomic mass is 9.83. The zero-order chi connectivity index (χ0) is 18.1. The molecule has 1 amide bonds. The van der Waals surface area contributed by atoms with Gasteiger partial charge in [-0.1, -0.05) is 6.42 Å². The van der Waals surface area contributed by atoms with Crippen LogP contribution >= 0.6 is 0 Å². The molecule has 4 rings (SSSR count). The molecule has 2 aliphatic rings. The highest BCUT2D eigenvalue weighted by molar-refractivity contribution is 5.98. The average molecular weight is 354 g/mol. The van der Waals surface area contributed by atoms with Crippen LogP contribution in [0.2, 0.25) is 0 Å². The van der Waals surface area contributed by atoms with Crippen molar-refractivity contribution in [1.29, 1.82) is 0 Å². The third-order valence-corrected chi connectivity index (χ3v) is 6.29. The molecule has 0 saturated carbocycles. The van der Waals surface area contributed by atoms with E-state index in [1.807, 2.05) is 12.1 Å². The van der Waals surface area contributed by atoms with Crippen molar-refractivity contribution in [2.45, 2.75) is 58.0 Å². The molecule has 26 heavy (non-hydrogen) atoms. The predicted molar refractivity (Wildman–Crippen MR) is 107 cm³/mol. The van der Waals surface area contributed by atoms with E-state index in [1.165, 1.54) is 50.7 Å². The first-order valence-corrected chi connectivity index (χ1v) is 10.3. The van der Waals surface area contributed by atoms with Crippen LogP contribution in [0, 0.1) is 5.92 Å². The minimum Gasteiger partial charge on any atom is -0.352 e. The Morgan fingerprint density at radius 2 is 2.00 bits per heavy atom. The summed E-state index contributed by atoms with van der Waals surface area (Å²) in [5.41, 5.74) is 1.97. The summed E-state index contributed by atoms with van der Waals surface area (Å²) in [5, 5.41) is 4.36. The first-order valence-electron chi connectivity index (χ1n) is 10.3. The molecule has 4 heteroatoms. The second kappa shape index (κ2) is 7.43. The van der Waals surface area contributed by atoms with Gasteiger partial charge in [0.2, 0.25) is 0 Å². The summed E-state index contributed by atoms with van der Waals surface area (Å²) in [6.45, 7) is 7.67. The number of hydrogen-bond acceptors (Lipinski definition) is 2. The van der Waals surface area contributed by atoms with Gasteiger partial charge in [0.25, 0.3) is 5.91 Å². The van der Waals surface area contributed by atoms with Gasteiger partial charge in [-0.15, -0.1) is 0 Å². The lowest BCUT2D eigenvalue weighted by Crippen LogP contribution is -2.51. The van der Waals surface area contributed by atoms with Gasteiger partial charge in [-0.2, -0.15) is 0 Å². The molecular formula is C22H31N3O. The maximum Gasteiger partial charge on any atom is 0.251 e. The van der Waals surface area contributed by atoms with E-state index in [4.69, 9.17) is 0 Å². The summed E-state index contributed by atoms with van der Waals surface area (Å²) in [7, 11) is 0. The number of rotatable bonds is 4. The van der Waals surface area contributed by atoms with Crippen LogP contribution in [0.25, 0.3) is 10.9 Å². The highest BCUT2D eigenvalue weighted by atomic mass is 16.1. The van der Waals surface area contributed by atoms with Gasteiger partial charge in [0.05, 0.1) is 0 Å². The zero-order valence-electron chi connectivity index (χ0n) is 16.1. The zero-order valence-corrected chi connectivity index (χ0v) is 16.1. The number of aromatic nitrogens is 1. The highest BCUT2D eigenvalue weighted by Crippen LogP contribution is 2.30. The number of benzene rings is 1. The van der Waals surface area contributed by atoms with E-state index in [-0.39, 0.29) is 5.91 Å². The van der Waals surface area contributed by atoms with E-state index in [2.05, 4.69) is 47.0 Å². The van der Waals surface area contributed by atoms with Gasteiger partial charge in [0, 0.05) is 41.3 Å². The number of nitrogens with one attached hydrogen (secondary N) is 1. The molecule has 3 heterocycles. The van der Waals surface area contributed by atoms with Crippen LogP contribution in [-0.4, -0.2) is 41.1 Å². The molecule has 2 atom stereocenters. The summed E-state index contributed by atoms with van der Waals surface area (Å²) in [6, 6.07) is 9.28. The first kappa shape index (κ1) is 17.6. The fourth-order valence-corrected chi connectivity index (χ4v) is 4.90. The number of nitrogens with zero attached hydrogens (tertiary/aromatic N) is 2. The third-order valence-electron chi connectivity index (χ3n) is 6.29. The van der Waals surface area contributed by atoms with Crippen molar-refractivity contribution in [2.24, 2.45) is 5.92 Å². The Balaban J connectivity index is 1.42. The number of carbonyl (C=O) groups excluding carboxylic acids is 1. The molecule has 4 nitrogen and oxygen atoms in total. The fraction of sp³-hybridized carbons (Fsp3) is 0.591. The molecule has 0 radical (unpaired) electrons. The summed E-state index contributed by atoms with van der Waals surface area (Å²) >= 11 is 0. The van der Waals surface area contributed by atoms with Crippen molar-refractivity contribution in [3.8, 4) is 0 Å². The monoisotopic (exact) mass is 353 g/mol. The molecule has 0 aliphatic carbocycles. The van der Waals surface area contributed by atoms with Crippen LogP contribution in [0.15, 0.2) is 30.5 Å². The van der Waals surface area contributed by atoms with Crippen LogP contribution in [0.5, 0.6) is 0 Å². The van der Waals surface area contributed by atoms with Crippen LogP contribution in [0.1, 0.15) is 62.4 Å². The average Bonchev–Trinajstić information content (AvgIpc) is 3.09. The second-order valence-electron chi connectivity index (χ2n) is 8.30. The molecule has 1 aromatic carbocycles. The molecule has 1 aromatic heterocycles. The van der Waals surface area contributed by atoms with Gasteiger partial charge >= 0.3 is 0 Å². The predicted octanol–water partition coefficient (Wildman–Crippen LogP) is 4.22. The standard InChI is InChI=1S/C22H31N3O/c1-16(2)25-13-10-17-14-18(8-9-21(17)25)22(26)23-15-19-6-5-12-24-11-4-3-7-20(19)24/h8-10,13-14,16,19-20H,3-7,11-12,15H2,1-2H3,(H,23,26)/t19-,20+/m0/s1. The largest absolute Gasteiger partial charge is 0.352 e. The molecule has 0 spiro atoms. The van der Waals surface area contributed by atoms with Crippen LogP contribution < -0.4 is 5.32 Å². The maximum atomic E-state index is 12.7. The van der Waals surface area contributed by atoms with Crippen LogP contribution in [0.4, 0.5) is 0 Å². The molecule has 1 N–H and O–H groups in total. The Kier molecular flexibility index (Phi) is 5.03. The first-order chi connectivity index (χ1) is 12.6. The van der Waals surface area contributed by atoms with Crippen LogP contribution in [0.3, 0.4) is 0 Å². The minimum atomic E-state index is 0.0668. The Hall–Kier alpha value is -1.81. The van der Waals surface area contributed by atoms with Crippen molar-refractivity contribution in [3.63, 3.8) is 0 Å². The van der Waals surface area contributed by atoms with Crippen molar-refractivity contribution in [1.82, 2.24) is 14.8 Å². The Morgan fingerprint density at radius 1 is 1.15 bits per heavy atom. The quantitative estimate of drug-likeness (QED) is 0.894. The second-order valence-corrected chi connectivity index (χ2v) is 8.30. The third kappa shape index (κ3) is 3.39. The molecule has 2 saturated heterocycles. The van der Waals surface area contributed by atoms with E-state index in [0.717, 1.165) is 17.5 Å². The van der Waals surface area contributed by atoms with E-state index in [1.54, 1.807) is 0 Å². The van der Waals surface area contributed by atoms with Crippen molar-refractivity contribution in [3.05, 3.63) is 36.0 Å². The number of piperidine rings is 2. The molecule has 2 aliphatic heterocycles. The SMILES string of the molecule is CC(C)n1ccc2cc(C(=O)NC[C@@H]3CCCN4CCCC[C@H]34)ccc21. The van der Waals surface area contributed by atoms with Crippen molar-refractivity contribution >= 4 is 16.8 Å². The topological polar surface area (TPSA) is 37.3 Å². The summed E-state index contributed by atoms with van der Waals surface area (Å²) in [5.74, 6) is 0.677. The fourth-order valence-electron chi connectivity index (χ4n) is 4.90. The normalized spacial score (nSPS) is 24.0. The van der Waals surface area contributed by atoms with Gasteiger partial charge in [0.1, 0.15) is 0 Å². The Bertz CT molecular complexity index is 777. The van der Waals surface area contributed by atoms with Gasteiger partial charge in [-0.25, -0.2) is 0 Å². The summed E-state index contributed by atoms with van der Waals surface area (Å²) in [6.07, 6.45) is 8.61. The molecule has 0 bridgehead atoms. The number of carbonyl (C=O) groups is 1. The Labute approximate surface area is 156 Å². The van der Waals surface area contributed by atoms with Gasteiger partial charge < -0.3 is 14.8 Å². The van der Waals surface area contributed by atoms with Crippen molar-refractivity contribution in [2.75, 3.05) is 19.6 Å². The van der Waals surface area contributed by atoms with E-state index in [0.29, 0.717) is 18.0 Å². The summed E-state index contributed by atoms with van der Waals surface area (Å²) in [4.78, 5) is 15.4. The molecular weight excluding hydrogens is 322 g/mol. The molecule has 2 fully saturated rings. The maximum absolute atomic E-state index is 12.7. The minimum absolute atomic E-state index is 0.0668. The number of amides is 1. The van der Waals surface area contributed by atoms with E-state index < -0.39 is 0 Å². The highest BCUT2D eigenvalue weighted by Gasteiger charge is 2.32. The van der Waals surface area contributed by atoms with Gasteiger partial charge in [0.15, 0.2) is 0 Å². The lowest BCUT2D eigenvalue weighted by molar-refractivity contribution is 0.0575. The van der Waals surface area contributed by atoms with Gasteiger partial charge in [-0.05, 0) is 82.8 Å². The van der Waals surface area contributed by atoms with E-state index in [9.17, 15) is 4.79 Å². The summed E-state index contributed by atoms with van der Waals surface area (Å²) < 4.78 is 2.25. The molecule has 2 aromatic rings. The Morgan fingerprint density at radius 3 is 2.85 bits per heavy atom. The lowest BCUT2D eigenvalue weighted by Gasteiger charge is -2.44.